The maximum atomic E-state index is 5.70. The van der Waals surface area contributed by atoms with E-state index in [1.54, 1.807) is 0 Å². The van der Waals surface area contributed by atoms with E-state index < -0.39 is 0 Å². The zero-order valence-corrected chi connectivity index (χ0v) is 11.0. The summed E-state index contributed by atoms with van der Waals surface area (Å²) in [7, 11) is 0. The van der Waals surface area contributed by atoms with E-state index in [4.69, 9.17) is 15.2 Å². The Kier molecular flexibility index (Phi) is 3.95. The highest BCUT2D eigenvalue weighted by Crippen LogP contribution is 2.22. The van der Waals surface area contributed by atoms with Crippen LogP contribution in [-0.2, 0) is 9.47 Å². The van der Waals surface area contributed by atoms with E-state index >= 15 is 0 Å². The number of hydrogen-bond donors (Lipinski definition) is 2. The van der Waals surface area contributed by atoms with Gasteiger partial charge in [-0.1, -0.05) is 0 Å². The molecule has 2 aliphatic rings. The summed E-state index contributed by atoms with van der Waals surface area (Å²) in [6.45, 7) is 4.54. The highest BCUT2D eigenvalue weighted by atomic mass is 16.6. The molecule has 0 bridgehead atoms. The summed E-state index contributed by atoms with van der Waals surface area (Å²) in [4.78, 5) is 6.74. The van der Waals surface area contributed by atoms with Gasteiger partial charge in [0, 0.05) is 13.1 Å². The van der Waals surface area contributed by atoms with Gasteiger partial charge >= 0.3 is 0 Å². The first-order valence-electron chi connectivity index (χ1n) is 6.93. The number of rotatable bonds is 3. The number of nitrogens with two attached hydrogens (primary N) is 1. The second-order valence-corrected chi connectivity index (χ2v) is 5.12. The molecule has 1 atom stereocenters. The molecule has 2 aliphatic heterocycles. The number of piperidine rings is 1. The Hall–Kier alpha value is -1.18. The van der Waals surface area contributed by atoms with Gasteiger partial charge in [-0.05, 0) is 25.3 Å². The van der Waals surface area contributed by atoms with E-state index in [0.29, 0.717) is 25.7 Å². The number of aromatic nitrogens is 3. The average molecular weight is 267 g/mol. The van der Waals surface area contributed by atoms with Crippen LogP contribution in [0.1, 0.15) is 24.8 Å². The van der Waals surface area contributed by atoms with Crippen LogP contribution in [0.25, 0.3) is 0 Å². The first kappa shape index (κ1) is 12.8. The lowest BCUT2D eigenvalue weighted by Gasteiger charge is -2.30. The molecule has 1 aromatic heterocycles. The number of anilines is 1. The van der Waals surface area contributed by atoms with Gasteiger partial charge in [-0.15, -0.1) is 5.10 Å². The van der Waals surface area contributed by atoms with Crippen molar-refractivity contribution in [2.75, 3.05) is 44.4 Å². The smallest absolute Gasteiger partial charge is 0.244 e. The number of H-pyrrole nitrogens is 1. The van der Waals surface area contributed by atoms with Crippen molar-refractivity contribution >= 4 is 5.95 Å². The Labute approximate surface area is 112 Å². The van der Waals surface area contributed by atoms with Gasteiger partial charge in [0.1, 0.15) is 6.10 Å². The SMILES string of the molecule is NCC1CCN(c2n[nH]c(C3COCCO3)n2)CC1. The molecule has 7 nitrogen and oxygen atoms in total. The fraction of sp³-hybridized carbons (Fsp3) is 0.833. The quantitative estimate of drug-likeness (QED) is 0.805. The molecule has 0 saturated carbocycles. The Morgan fingerprint density at radius 2 is 2.16 bits per heavy atom. The molecule has 2 fully saturated rings. The third-order valence-electron chi connectivity index (χ3n) is 3.84. The lowest BCUT2D eigenvalue weighted by atomic mass is 9.97. The monoisotopic (exact) mass is 267 g/mol. The Balaban J connectivity index is 1.61. The molecule has 3 N–H and O–H groups in total. The van der Waals surface area contributed by atoms with Gasteiger partial charge in [0.25, 0.3) is 0 Å². The standard InChI is InChI=1S/C12H21N5O2/c13-7-9-1-3-17(4-2-9)12-14-11(15-16-12)10-8-18-5-6-19-10/h9-10H,1-8,13H2,(H,14,15,16). The molecule has 2 saturated heterocycles. The van der Waals surface area contributed by atoms with E-state index in [1.165, 1.54) is 0 Å². The molecule has 3 heterocycles. The van der Waals surface area contributed by atoms with Crippen LogP contribution in [0.3, 0.4) is 0 Å². The van der Waals surface area contributed by atoms with Gasteiger partial charge in [-0.25, -0.2) is 0 Å². The molecule has 0 aromatic carbocycles. The van der Waals surface area contributed by atoms with Crippen LogP contribution in [-0.4, -0.2) is 54.6 Å². The Bertz CT molecular complexity index is 397. The van der Waals surface area contributed by atoms with E-state index in [1.807, 2.05) is 0 Å². The van der Waals surface area contributed by atoms with Crippen molar-refractivity contribution in [1.82, 2.24) is 15.2 Å². The number of nitrogens with zero attached hydrogens (tertiary/aromatic N) is 3. The van der Waals surface area contributed by atoms with Crippen molar-refractivity contribution in [2.45, 2.75) is 18.9 Å². The number of nitrogens with one attached hydrogen (secondary N) is 1. The van der Waals surface area contributed by atoms with Crippen molar-refractivity contribution < 1.29 is 9.47 Å². The van der Waals surface area contributed by atoms with Crippen molar-refractivity contribution in [2.24, 2.45) is 11.7 Å². The Morgan fingerprint density at radius 3 is 2.84 bits per heavy atom. The summed E-state index contributed by atoms with van der Waals surface area (Å²) in [5.74, 6) is 2.17. The molecular weight excluding hydrogens is 246 g/mol. The minimum absolute atomic E-state index is 0.114. The molecule has 7 heteroatoms. The first-order valence-corrected chi connectivity index (χ1v) is 6.93. The summed E-state index contributed by atoms with van der Waals surface area (Å²) in [6.07, 6.45) is 2.11. The van der Waals surface area contributed by atoms with Crippen molar-refractivity contribution in [1.29, 1.82) is 0 Å². The second kappa shape index (κ2) is 5.85. The molecule has 0 spiro atoms. The zero-order chi connectivity index (χ0) is 13.1. The summed E-state index contributed by atoms with van der Waals surface area (Å²) in [5.41, 5.74) is 5.70. The van der Waals surface area contributed by atoms with Gasteiger partial charge in [0.05, 0.1) is 19.8 Å². The van der Waals surface area contributed by atoms with Crippen molar-refractivity contribution in [3.05, 3.63) is 5.82 Å². The summed E-state index contributed by atoms with van der Waals surface area (Å²) >= 11 is 0. The molecule has 1 unspecified atom stereocenters. The highest BCUT2D eigenvalue weighted by molar-refractivity contribution is 5.29. The molecule has 106 valence electrons. The fourth-order valence-electron chi connectivity index (χ4n) is 2.56. The lowest BCUT2D eigenvalue weighted by Crippen LogP contribution is -2.36. The molecule has 0 aliphatic carbocycles. The Morgan fingerprint density at radius 1 is 1.32 bits per heavy atom. The summed E-state index contributed by atoms with van der Waals surface area (Å²) < 4.78 is 11.0. The van der Waals surface area contributed by atoms with Crippen LogP contribution in [0.2, 0.25) is 0 Å². The number of aromatic amines is 1. The van der Waals surface area contributed by atoms with Crippen LogP contribution >= 0.6 is 0 Å². The molecule has 3 rings (SSSR count). The van der Waals surface area contributed by atoms with Gasteiger partial charge in [0.15, 0.2) is 5.82 Å². The number of ether oxygens (including phenoxy) is 2. The minimum atomic E-state index is -0.114. The van der Waals surface area contributed by atoms with E-state index in [0.717, 1.165) is 44.2 Å². The van der Waals surface area contributed by atoms with E-state index in [-0.39, 0.29) is 6.10 Å². The fourth-order valence-corrected chi connectivity index (χ4v) is 2.56. The van der Waals surface area contributed by atoms with Crippen molar-refractivity contribution in [3.8, 4) is 0 Å². The molecule has 1 aromatic rings. The van der Waals surface area contributed by atoms with Crippen LogP contribution in [0.5, 0.6) is 0 Å². The van der Waals surface area contributed by atoms with E-state index in [2.05, 4.69) is 20.1 Å². The topological polar surface area (TPSA) is 89.3 Å². The number of hydrogen-bond acceptors (Lipinski definition) is 6. The second-order valence-electron chi connectivity index (χ2n) is 5.12. The normalized spacial score (nSPS) is 25.7. The first-order chi connectivity index (χ1) is 9.36. The third kappa shape index (κ3) is 2.88. The summed E-state index contributed by atoms with van der Waals surface area (Å²) in [5, 5.41) is 7.25. The molecule has 0 radical (unpaired) electrons. The van der Waals surface area contributed by atoms with Gasteiger partial charge in [-0.3, -0.25) is 5.10 Å². The van der Waals surface area contributed by atoms with Crippen LogP contribution in [0, 0.1) is 5.92 Å². The van der Waals surface area contributed by atoms with Crippen LogP contribution in [0.15, 0.2) is 0 Å². The average Bonchev–Trinajstić information content (AvgIpc) is 2.98. The predicted molar refractivity (Wildman–Crippen MR) is 69.9 cm³/mol. The highest BCUT2D eigenvalue weighted by Gasteiger charge is 2.24. The minimum Gasteiger partial charge on any atom is -0.376 e. The summed E-state index contributed by atoms with van der Waals surface area (Å²) in [6, 6.07) is 0. The van der Waals surface area contributed by atoms with Crippen molar-refractivity contribution in [3.63, 3.8) is 0 Å². The molecule has 19 heavy (non-hydrogen) atoms. The molecule has 0 amide bonds. The molecular formula is C12H21N5O2. The lowest BCUT2D eigenvalue weighted by molar-refractivity contribution is -0.0933. The maximum absolute atomic E-state index is 5.70. The maximum Gasteiger partial charge on any atom is 0.244 e. The van der Waals surface area contributed by atoms with E-state index in [9.17, 15) is 0 Å². The third-order valence-corrected chi connectivity index (χ3v) is 3.84. The van der Waals surface area contributed by atoms with Gasteiger partial charge in [-0.2, -0.15) is 4.98 Å². The van der Waals surface area contributed by atoms with Crippen LogP contribution < -0.4 is 10.6 Å². The van der Waals surface area contributed by atoms with Gasteiger partial charge in [0.2, 0.25) is 5.95 Å². The largest absolute Gasteiger partial charge is 0.376 e. The predicted octanol–water partition coefficient (Wildman–Crippen LogP) is 0.0677. The zero-order valence-electron chi connectivity index (χ0n) is 11.0. The van der Waals surface area contributed by atoms with Gasteiger partial charge < -0.3 is 20.1 Å². The van der Waals surface area contributed by atoms with Crippen LogP contribution in [0.4, 0.5) is 5.95 Å².